The van der Waals surface area contributed by atoms with E-state index in [2.05, 4.69) is 20.0 Å². The molecule has 0 spiro atoms. The Balaban J connectivity index is 1.76. The van der Waals surface area contributed by atoms with Crippen LogP contribution < -0.4 is 10.1 Å². The molecular formula is C17H8Cl3F3N4O. The maximum atomic E-state index is 12.3. The number of imidazole rings is 1. The van der Waals surface area contributed by atoms with Crippen molar-refractivity contribution in [3.63, 3.8) is 0 Å². The van der Waals surface area contributed by atoms with Crippen LogP contribution in [0.3, 0.4) is 0 Å². The molecule has 0 radical (unpaired) electrons. The standard InChI is InChI=1S/C17H8Cl3F3N4O/c18-10-7-11-14(13(20)12(10)19)27-6-5-24-16(27)15(26-11)25-8-1-3-9(4-2-8)28-17(21,22)23/h1-7H,(H,25,26). The SMILES string of the molecule is FC(F)(F)Oc1ccc(Nc2nc3cc(Cl)c(Cl)c(Cl)c3n3ccnc23)cc1. The highest BCUT2D eigenvalue weighted by atomic mass is 35.5. The Morgan fingerprint density at radius 3 is 2.43 bits per heavy atom. The highest BCUT2D eigenvalue weighted by Crippen LogP contribution is 2.37. The maximum Gasteiger partial charge on any atom is 0.573 e. The highest BCUT2D eigenvalue weighted by Gasteiger charge is 2.31. The van der Waals surface area contributed by atoms with E-state index in [1.807, 2.05) is 0 Å². The first-order valence-corrected chi connectivity index (χ1v) is 8.79. The van der Waals surface area contributed by atoms with Gasteiger partial charge < -0.3 is 10.1 Å². The average molecular weight is 448 g/mol. The van der Waals surface area contributed by atoms with Crippen molar-refractivity contribution in [3.8, 4) is 5.75 Å². The van der Waals surface area contributed by atoms with Gasteiger partial charge in [0.05, 0.1) is 26.1 Å². The summed E-state index contributed by atoms with van der Waals surface area (Å²) in [7, 11) is 0. The molecule has 2 aromatic carbocycles. The third kappa shape index (κ3) is 3.50. The van der Waals surface area contributed by atoms with Crippen LogP contribution in [0.2, 0.25) is 15.1 Å². The Bertz CT molecular complexity index is 1190. The van der Waals surface area contributed by atoms with E-state index < -0.39 is 6.36 Å². The van der Waals surface area contributed by atoms with E-state index >= 15 is 0 Å². The molecule has 0 atom stereocenters. The lowest BCUT2D eigenvalue weighted by molar-refractivity contribution is -0.274. The second kappa shape index (κ2) is 6.88. The summed E-state index contributed by atoms with van der Waals surface area (Å²) in [4.78, 5) is 8.74. The molecule has 0 aliphatic heterocycles. The molecule has 0 aliphatic carbocycles. The van der Waals surface area contributed by atoms with E-state index in [0.29, 0.717) is 28.2 Å². The summed E-state index contributed by atoms with van der Waals surface area (Å²) in [6, 6.07) is 6.79. The molecule has 28 heavy (non-hydrogen) atoms. The number of nitrogens with one attached hydrogen (secondary N) is 1. The van der Waals surface area contributed by atoms with E-state index in [-0.39, 0.29) is 20.8 Å². The van der Waals surface area contributed by atoms with Gasteiger partial charge in [-0.2, -0.15) is 0 Å². The number of rotatable bonds is 3. The fourth-order valence-corrected chi connectivity index (χ4v) is 3.36. The van der Waals surface area contributed by atoms with Crippen LogP contribution in [0.5, 0.6) is 5.75 Å². The van der Waals surface area contributed by atoms with Crippen LogP contribution in [-0.2, 0) is 0 Å². The van der Waals surface area contributed by atoms with Gasteiger partial charge in [0, 0.05) is 18.1 Å². The van der Waals surface area contributed by atoms with E-state index in [4.69, 9.17) is 34.8 Å². The number of alkyl halides is 3. The molecule has 0 saturated heterocycles. The van der Waals surface area contributed by atoms with Crippen LogP contribution >= 0.6 is 34.8 Å². The van der Waals surface area contributed by atoms with Gasteiger partial charge in [0.15, 0.2) is 11.5 Å². The smallest absolute Gasteiger partial charge is 0.406 e. The monoisotopic (exact) mass is 446 g/mol. The molecule has 2 aromatic heterocycles. The number of nitrogens with zero attached hydrogens (tertiary/aromatic N) is 3. The summed E-state index contributed by atoms with van der Waals surface area (Å²) < 4.78 is 42.4. The molecule has 2 heterocycles. The van der Waals surface area contributed by atoms with Gasteiger partial charge in [0.2, 0.25) is 0 Å². The Labute approximate surface area is 170 Å². The minimum atomic E-state index is -4.75. The predicted octanol–water partition coefficient (Wildman–Crippen LogP) is 6.48. The first kappa shape index (κ1) is 18.9. The van der Waals surface area contributed by atoms with Gasteiger partial charge in [-0.05, 0) is 30.3 Å². The Hall–Kier alpha value is -2.42. The summed E-state index contributed by atoms with van der Waals surface area (Å²) in [6.45, 7) is 0. The number of benzene rings is 2. The Morgan fingerprint density at radius 2 is 1.75 bits per heavy atom. The topological polar surface area (TPSA) is 51.5 Å². The molecule has 5 nitrogen and oxygen atoms in total. The van der Waals surface area contributed by atoms with Crippen molar-refractivity contribution in [2.24, 2.45) is 0 Å². The molecule has 0 amide bonds. The quantitative estimate of drug-likeness (QED) is 0.365. The number of halogens is 6. The van der Waals surface area contributed by atoms with Gasteiger partial charge in [-0.25, -0.2) is 9.97 Å². The molecule has 0 saturated carbocycles. The zero-order valence-electron chi connectivity index (χ0n) is 13.6. The molecule has 0 aliphatic rings. The van der Waals surface area contributed by atoms with Crippen LogP contribution in [-0.4, -0.2) is 20.7 Å². The van der Waals surface area contributed by atoms with Gasteiger partial charge in [0.25, 0.3) is 0 Å². The van der Waals surface area contributed by atoms with Crippen LogP contribution in [0.15, 0.2) is 42.7 Å². The zero-order valence-corrected chi connectivity index (χ0v) is 15.8. The molecule has 0 fully saturated rings. The lowest BCUT2D eigenvalue weighted by Gasteiger charge is -2.13. The Morgan fingerprint density at radius 1 is 1.04 bits per heavy atom. The van der Waals surface area contributed by atoms with Crippen molar-refractivity contribution in [1.29, 1.82) is 0 Å². The molecule has 0 bridgehead atoms. The molecule has 1 N–H and O–H groups in total. The van der Waals surface area contributed by atoms with Crippen LogP contribution in [0.1, 0.15) is 0 Å². The van der Waals surface area contributed by atoms with Crippen molar-refractivity contribution in [3.05, 3.63) is 57.8 Å². The minimum absolute atomic E-state index is 0.202. The third-order valence-electron chi connectivity index (χ3n) is 3.79. The number of hydrogen-bond donors (Lipinski definition) is 1. The number of ether oxygens (including phenoxy) is 1. The van der Waals surface area contributed by atoms with E-state index in [1.165, 1.54) is 24.3 Å². The summed E-state index contributed by atoms with van der Waals surface area (Å²) in [5, 5.41) is 3.70. The molecule has 4 aromatic rings. The van der Waals surface area contributed by atoms with Gasteiger partial charge in [-0.3, -0.25) is 4.40 Å². The molecule has 4 rings (SSSR count). The molecule has 11 heteroatoms. The summed E-state index contributed by atoms with van der Waals surface area (Å²) in [5.41, 5.74) is 1.92. The van der Waals surface area contributed by atoms with Gasteiger partial charge in [-0.1, -0.05) is 34.8 Å². The fraction of sp³-hybridized carbons (Fsp3) is 0.0588. The molecular weight excluding hydrogens is 440 g/mol. The second-order valence-corrected chi connectivity index (χ2v) is 6.80. The van der Waals surface area contributed by atoms with Crippen molar-refractivity contribution in [2.75, 3.05) is 5.32 Å². The third-order valence-corrected chi connectivity index (χ3v) is 5.04. The predicted molar refractivity (Wildman–Crippen MR) is 102 cm³/mol. The number of hydrogen-bond acceptors (Lipinski definition) is 4. The fourth-order valence-electron chi connectivity index (χ4n) is 2.68. The number of fused-ring (bicyclic) bond motifs is 3. The van der Waals surface area contributed by atoms with E-state index in [9.17, 15) is 13.2 Å². The van der Waals surface area contributed by atoms with Crippen molar-refractivity contribution in [1.82, 2.24) is 14.4 Å². The van der Waals surface area contributed by atoms with Crippen LogP contribution in [0, 0.1) is 0 Å². The van der Waals surface area contributed by atoms with Gasteiger partial charge in [-0.15, -0.1) is 13.2 Å². The average Bonchev–Trinajstić information content (AvgIpc) is 3.10. The van der Waals surface area contributed by atoms with Crippen LogP contribution in [0.25, 0.3) is 16.7 Å². The number of aromatic nitrogens is 3. The maximum absolute atomic E-state index is 12.3. The van der Waals surface area contributed by atoms with Crippen molar-refractivity contribution >= 4 is 63.0 Å². The lowest BCUT2D eigenvalue weighted by Crippen LogP contribution is -2.17. The normalized spacial score (nSPS) is 11.9. The largest absolute Gasteiger partial charge is 0.573 e. The lowest BCUT2D eigenvalue weighted by atomic mass is 10.2. The summed E-state index contributed by atoms with van der Waals surface area (Å²) >= 11 is 18.5. The summed E-state index contributed by atoms with van der Waals surface area (Å²) in [5.74, 6) is 0.0279. The molecule has 144 valence electrons. The zero-order chi connectivity index (χ0) is 20.1. The van der Waals surface area contributed by atoms with Gasteiger partial charge in [0.1, 0.15) is 5.75 Å². The van der Waals surface area contributed by atoms with Gasteiger partial charge >= 0.3 is 6.36 Å². The number of anilines is 2. The second-order valence-electron chi connectivity index (χ2n) is 5.63. The van der Waals surface area contributed by atoms with Crippen molar-refractivity contribution in [2.45, 2.75) is 6.36 Å². The Kier molecular flexibility index (Phi) is 4.65. The van der Waals surface area contributed by atoms with E-state index in [1.54, 1.807) is 22.9 Å². The highest BCUT2D eigenvalue weighted by molar-refractivity contribution is 6.50. The van der Waals surface area contributed by atoms with Crippen LogP contribution in [0.4, 0.5) is 24.7 Å². The van der Waals surface area contributed by atoms with Crippen molar-refractivity contribution < 1.29 is 17.9 Å². The molecule has 0 unspecified atom stereocenters. The first-order chi connectivity index (χ1) is 13.2. The minimum Gasteiger partial charge on any atom is -0.406 e. The first-order valence-electron chi connectivity index (χ1n) is 7.66. The van der Waals surface area contributed by atoms with E-state index in [0.717, 1.165) is 0 Å². The summed E-state index contributed by atoms with van der Waals surface area (Å²) in [6.07, 6.45) is -1.52.